The summed E-state index contributed by atoms with van der Waals surface area (Å²) < 4.78 is 1.74. The second-order valence-electron chi connectivity index (χ2n) is 7.31. The van der Waals surface area contributed by atoms with Gasteiger partial charge in [-0.15, -0.1) is 5.11 Å². The van der Waals surface area contributed by atoms with Gasteiger partial charge in [-0.1, -0.05) is 17.4 Å². The third kappa shape index (κ3) is 3.40. The lowest BCUT2D eigenvalue weighted by atomic mass is 10.1. The Labute approximate surface area is 168 Å². The molecule has 0 aliphatic carbocycles. The molecule has 9 heteroatoms. The maximum absolute atomic E-state index is 13.0. The van der Waals surface area contributed by atoms with Crippen molar-refractivity contribution in [2.24, 2.45) is 10.3 Å². The van der Waals surface area contributed by atoms with Crippen LogP contribution in [0.3, 0.4) is 0 Å². The molecule has 2 aromatic heterocycles. The van der Waals surface area contributed by atoms with Gasteiger partial charge in [-0.05, 0) is 42.7 Å². The molecule has 1 amide bonds. The number of aromatic nitrogens is 2. The van der Waals surface area contributed by atoms with Gasteiger partial charge in [0.25, 0.3) is 5.91 Å². The molecular formula is C20H22N8O. The van der Waals surface area contributed by atoms with E-state index in [0.29, 0.717) is 11.3 Å². The molecule has 3 aromatic rings. The molecule has 1 aromatic carbocycles. The molecule has 1 unspecified atom stereocenters. The first-order chi connectivity index (χ1) is 14.2. The van der Waals surface area contributed by atoms with Crippen LogP contribution in [0.15, 0.2) is 59.1 Å². The van der Waals surface area contributed by atoms with Gasteiger partial charge in [-0.2, -0.15) is 10.5 Å². The van der Waals surface area contributed by atoms with Crippen molar-refractivity contribution in [3.8, 4) is 0 Å². The molecule has 2 N–H and O–H groups in total. The Morgan fingerprint density at radius 1 is 1.21 bits per heavy atom. The molecule has 4 heterocycles. The van der Waals surface area contributed by atoms with E-state index >= 15 is 0 Å². The number of nitrogens with one attached hydrogen (secondary N) is 2. The van der Waals surface area contributed by atoms with Crippen LogP contribution >= 0.6 is 0 Å². The molecule has 0 spiro atoms. The summed E-state index contributed by atoms with van der Waals surface area (Å²) in [7, 11) is 1.79. The van der Waals surface area contributed by atoms with E-state index in [0.717, 1.165) is 29.9 Å². The van der Waals surface area contributed by atoms with Crippen LogP contribution in [0.4, 0.5) is 11.4 Å². The summed E-state index contributed by atoms with van der Waals surface area (Å²) in [5.74, 6) is -0.186. The number of rotatable bonds is 4. The highest BCUT2D eigenvalue weighted by atomic mass is 16.1. The van der Waals surface area contributed by atoms with E-state index in [2.05, 4.69) is 37.1 Å². The zero-order valence-corrected chi connectivity index (χ0v) is 16.1. The fourth-order valence-electron chi connectivity index (χ4n) is 3.80. The Morgan fingerprint density at radius 2 is 2.07 bits per heavy atom. The highest BCUT2D eigenvalue weighted by Gasteiger charge is 2.19. The monoisotopic (exact) mass is 390 g/mol. The van der Waals surface area contributed by atoms with Crippen molar-refractivity contribution in [1.82, 2.24) is 20.2 Å². The molecule has 1 fully saturated rings. The zero-order valence-electron chi connectivity index (χ0n) is 16.1. The molecule has 148 valence electrons. The maximum atomic E-state index is 13.0. The number of benzene rings is 1. The predicted octanol–water partition coefficient (Wildman–Crippen LogP) is 3.00. The molecule has 2 aliphatic rings. The minimum Gasteiger partial charge on any atom is -0.371 e. The summed E-state index contributed by atoms with van der Waals surface area (Å²) in [6, 6.07) is 11.7. The standard InChI is InChI=1S/C20H22N8O/c1-26-24-19(23-25-26)14-5-4-6-15(11-14)22-20(29)17-13-21-28-10-7-16(12-18(17)28)27-8-2-3-9-27/h4-7,10-13,19,24H,2-3,8-9H2,1H3,(H,22,29). The molecular weight excluding hydrogens is 368 g/mol. The number of pyridine rings is 1. The summed E-state index contributed by atoms with van der Waals surface area (Å²) in [4.78, 5) is 15.3. The van der Waals surface area contributed by atoms with Crippen molar-refractivity contribution < 1.29 is 4.79 Å². The quantitative estimate of drug-likeness (QED) is 0.715. The van der Waals surface area contributed by atoms with E-state index in [1.54, 1.807) is 22.9 Å². The van der Waals surface area contributed by atoms with Crippen LogP contribution in [0.5, 0.6) is 0 Å². The number of anilines is 2. The Morgan fingerprint density at radius 3 is 2.86 bits per heavy atom. The van der Waals surface area contributed by atoms with Gasteiger partial charge in [0, 0.05) is 37.7 Å². The van der Waals surface area contributed by atoms with Gasteiger partial charge in [0.1, 0.15) is 0 Å². The molecule has 29 heavy (non-hydrogen) atoms. The highest BCUT2D eigenvalue weighted by Crippen LogP contribution is 2.25. The van der Waals surface area contributed by atoms with Crippen molar-refractivity contribution in [2.75, 3.05) is 30.4 Å². The van der Waals surface area contributed by atoms with Crippen LogP contribution in [0.25, 0.3) is 5.52 Å². The topological polar surface area (TPSA) is 89.6 Å². The lowest BCUT2D eigenvalue weighted by Gasteiger charge is -2.17. The van der Waals surface area contributed by atoms with Gasteiger partial charge in [0.05, 0.1) is 17.3 Å². The van der Waals surface area contributed by atoms with Crippen molar-refractivity contribution in [1.29, 1.82) is 0 Å². The van der Waals surface area contributed by atoms with Crippen molar-refractivity contribution in [2.45, 2.75) is 19.0 Å². The summed E-state index contributed by atoms with van der Waals surface area (Å²) in [5.41, 5.74) is 7.22. The van der Waals surface area contributed by atoms with Crippen LogP contribution in [0.2, 0.25) is 0 Å². The fraction of sp³-hybridized carbons (Fsp3) is 0.300. The maximum Gasteiger partial charge on any atom is 0.259 e. The molecule has 0 radical (unpaired) electrons. The van der Waals surface area contributed by atoms with E-state index < -0.39 is 0 Å². The first kappa shape index (κ1) is 17.6. The number of fused-ring (bicyclic) bond motifs is 1. The normalized spacial score (nSPS) is 18.7. The third-order valence-electron chi connectivity index (χ3n) is 5.29. The zero-order chi connectivity index (χ0) is 19.8. The number of carbonyl (C=O) groups is 1. The van der Waals surface area contributed by atoms with E-state index in [-0.39, 0.29) is 12.1 Å². The van der Waals surface area contributed by atoms with Gasteiger partial charge in [-0.25, -0.2) is 9.63 Å². The number of carbonyl (C=O) groups excluding carboxylic acids is 1. The average molecular weight is 390 g/mol. The van der Waals surface area contributed by atoms with E-state index in [9.17, 15) is 4.79 Å². The summed E-state index contributed by atoms with van der Waals surface area (Å²) in [6.07, 6.45) is 5.69. The van der Waals surface area contributed by atoms with Gasteiger partial charge >= 0.3 is 0 Å². The molecule has 9 nitrogen and oxygen atoms in total. The Balaban J connectivity index is 1.39. The van der Waals surface area contributed by atoms with E-state index in [4.69, 9.17) is 0 Å². The average Bonchev–Trinajstić information content (AvgIpc) is 3.48. The second kappa shape index (κ2) is 7.17. The Hall–Kier alpha value is -3.46. The molecule has 0 saturated carbocycles. The van der Waals surface area contributed by atoms with Crippen LogP contribution < -0.4 is 15.6 Å². The SMILES string of the molecule is CN1N=NC(c2cccc(NC(=O)c3cnn4ccc(N5CCCC5)cc34)c2)N1. The molecule has 2 aliphatic heterocycles. The molecule has 5 rings (SSSR count). The number of amides is 1. The number of hydrazine groups is 1. The van der Waals surface area contributed by atoms with Crippen molar-refractivity contribution in [3.05, 3.63) is 59.9 Å². The highest BCUT2D eigenvalue weighted by molar-refractivity contribution is 6.09. The van der Waals surface area contributed by atoms with Crippen LogP contribution in [0.1, 0.15) is 34.9 Å². The summed E-state index contributed by atoms with van der Waals surface area (Å²) in [6.45, 7) is 2.11. The van der Waals surface area contributed by atoms with Crippen LogP contribution in [0, 0.1) is 0 Å². The third-order valence-corrected chi connectivity index (χ3v) is 5.29. The van der Waals surface area contributed by atoms with Gasteiger partial charge in [0.15, 0.2) is 6.17 Å². The smallest absolute Gasteiger partial charge is 0.259 e. The van der Waals surface area contributed by atoms with Crippen molar-refractivity contribution >= 4 is 22.8 Å². The van der Waals surface area contributed by atoms with E-state index in [1.807, 2.05) is 36.5 Å². The Kier molecular flexibility index (Phi) is 4.36. The number of nitrogens with zero attached hydrogens (tertiary/aromatic N) is 6. The first-order valence-electron chi connectivity index (χ1n) is 9.72. The van der Waals surface area contributed by atoms with E-state index in [1.165, 1.54) is 12.8 Å². The van der Waals surface area contributed by atoms with Gasteiger partial charge in [0.2, 0.25) is 0 Å². The molecule has 1 saturated heterocycles. The lowest BCUT2D eigenvalue weighted by Crippen LogP contribution is -2.26. The van der Waals surface area contributed by atoms with Gasteiger partial charge in [-0.3, -0.25) is 4.79 Å². The summed E-state index contributed by atoms with van der Waals surface area (Å²) >= 11 is 0. The first-order valence-corrected chi connectivity index (χ1v) is 9.72. The predicted molar refractivity (Wildman–Crippen MR) is 110 cm³/mol. The summed E-state index contributed by atoms with van der Waals surface area (Å²) in [5, 5.41) is 17.0. The Bertz CT molecular complexity index is 1090. The largest absolute Gasteiger partial charge is 0.371 e. The number of hydrogen-bond donors (Lipinski definition) is 2. The van der Waals surface area contributed by atoms with Crippen molar-refractivity contribution in [3.63, 3.8) is 0 Å². The fourth-order valence-corrected chi connectivity index (χ4v) is 3.80. The van der Waals surface area contributed by atoms with Crippen LogP contribution in [-0.4, -0.2) is 40.8 Å². The van der Waals surface area contributed by atoms with Gasteiger partial charge < -0.3 is 10.2 Å². The minimum absolute atomic E-state index is 0.186. The molecule has 1 atom stereocenters. The minimum atomic E-state index is -0.253. The second-order valence-corrected chi connectivity index (χ2v) is 7.31. The van der Waals surface area contributed by atoms with Crippen LogP contribution in [-0.2, 0) is 0 Å². The lowest BCUT2D eigenvalue weighted by molar-refractivity contribution is 0.102. The number of hydrogen-bond acceptors (Lipinski definition) is 7. The molecule has 0 bridgehead atoms.